The Balaban J connectivity index is 1.37. The van der Waals surface area contributed by atoms with Gasteiger partial charge in [-0.2, -0.15) is 5.10 Å². The number of nitrogens with zero attached hydrogens (tertiary/aromatic N) is 1. The third-order valence-corrected chi connectivity index (χ3v) is 4.69. The number of halogens is 1. The average molecular weight is 422 g/mol. The highest BCUT2D eigenvalue weighted by Crippen LogP contribution is 2.23. The highest BCUT2D eigenvalue weighted by molar-refractivity contribution is 9.10. The fraction of sp³-hybridized carbons (Fsp3) is 0.0476. The number of amides is 1. The van der Waals surface area contributed by atoms with E-state index in [9.17, 15) is 4.79 Å². The maximum Gasteiger partial charge on any atom is 0.244 e. The van der Waals surface area contributed by atoms with Gasteiger partial charge in [0.2, 0.25) is 5.91 Å². The summed E-state index contributed by atoms with van der Waals surface area (Å²) in [5.41, 5.74) is 5.47. The monoisotopic (exact) mass is 421 g/mol. The van der Waals surface area contributed by atoms with Crippen LogP contribution in [0, 0.1) is 0 Å². The van der Waals surface area contributed by atoms with Gasteiger partial charge in [-0.1, -0.05) is 46.3 Å². The van der Waals surface area contributed by atoms with Crippen LogP contribution in [-0.4, -0.2) is 17.1 Å². The van der Waals surface area contributed by atoms with Gasteiger partial charge in [0.25, 0.3) is 0 Å². The standard InChI is InChI=1S/C21H16BrN3O2/c22-16-7-5-14(6-8-16)20-10-9-17(27-20)13-24-25-21(26)11-15-12-23-19-4-2-1-3-18(15)19/h1-10,12-13,23H,11H2,(H,25,26)/b24-13+. The molecule has 0 unspecified atom stereocenters. The number of carbonyl (C=O) groups is 1. The van der Waals surface area contributed by atoms with Crippen LogP contribution >= 0.6 is 15.9 Å². The number of hydrogen-bond acceptors (Lipinski definition) is 3. The molecule has 1 amide bonds. The number of aromatic nitrogens is 1. The van der Waals surface area contributed by atoms with Crippen molar-refractivity contribution >= 4 is 39.0 Å². The Morgan fingerprint density at radius 3 is 2.78 bits per heavy atom. The first-order valence-corrected chi connectivity index (χ1v) is 9.21. The lowest BCUT2D eigenvalue weighted by Crippen LogP contribution is -2.19. The van der Waals surface area contributed by atoms with Gasteiger partial charge in [0.1, 0.15) is 11.5 Å². The average Bonchev–Trinajstić information content (AvgIpc) is 3.30. The first-order chi connectivity index (χ1) is 13.2. The molecule has 4 aromatic rings. The number of hydrazone groups is 1. The minimum absolute atomic E-state index is 0.185. The van der Waals surface area contributed by atoms with Crippen LogP contribution in [-0.2, 0) is 11.2 Å². The molecule has 0 radical (unpaired) electrons. The number of hydrogen-bond donors (Lipinski definition) is 2. The molecule has 2 aromatic heterocycles. The summed E-state index contributed by atoms with van der Waals surface area (Å²) >= 11 is 3.41. The Kier molecular flexibility index (Phi) is 4.89. The second-order valence-corrected chi connectivity index (χ2v) is 6.95. The number of H-pyrrole nitrogens is 1. The molecule has 27 heavy (non-hydrogen) atoms. The van der Waals surface area contributed by atoms with Crippen LogP contribution in [0.1, 0.15) is 11.3 Å². The summed E-state index contributed by atoms with van der Waals surface area (Å²) in [5, 5.41) is 5.03. The van der Waals surface area contributed by atoms with Gasteiger partial charge in [-0.15, -0.1) is 0 Å². The molecule has 6 heteroatoms. The van der Waals surface area contributed by atoms with Crippen LogP contribution < -0.4 is 5.43 Å². The van der Waals surface area contributed by atoms with Crippen molar-refractivity contribution in [3.8, 4) is 11.3 Å². The van der Waals surface area contributed by atoms with Crippen LogP contribution in [0.15, 0.2) is 80.9 Å². The van der Waals surface area contributed by atoms with Gasteiger partial charge in [-0.25, -0.2) is 5.43 Å². The first-order valence-electron chi connectivity index (χ1n) is 8.42. The third-order valence-electron chi connectivity index (χ3n) is 4.16. The van der Waals surface area contributed by atoms with E-state index in [1.165, 1.54) is 6.21 Å². The molecule has 0 saturated carbocycles. The van der Waals surface area contributed by atoms with Gasteiger partial charge in [0, 0.05) is 27.1 Å². The molecule has 0 aliphatic heterocycles. The van der Waals surface area contributed by atoms with Gasteiger partial charge in [0.05, 0.1) is 12.6 Å². The third kappa shape index (κ3) is 4.01. The van der Waals surface area contributed by atoms with E-state index in [1.54, 1.807) is 0 Å². The van der Waals surface area contributed by atoms with E-state index in [0.717, 1.165) is 32.3 Å². The number of aromatic amines is 1. The summed E-state index contributed by atoms with van der Waals surface area (Å²) in [6.45, 7) is 0. The van der Waals surface area contributed by atoms with Crippen molar-refractivity contribution in [2.45, 2.75) is 6.42 Å². The minimum Gasteiger partial charge on any atom is -0.455 e. The topological polar surface area (TPSA) is 70.4 Å². The number of nitrogens with one attached hydrogen (secondary N) is 2. The maximum absolute atomic E-state index is 12.1. The highest BCUT2D eigenvalue weighted by atomic mass is 79.9. The van der Waals surface area contributed by atoms with Crippen molar-refractivity contribution in [3.63, 3.8) is 0 Å². The van der Waals surface area contributed by atoms with Gasteiger partial charge in [0.15, 0.2) is 0 Å². The molecule has 0 aliphatic rings. The van der Waals surface area contributed by atoms with Crippen LogP contribution in [0.2, 0.25) is 0 Å². The zero-order valence-electron chi connectivity index (χ0n) is 14.3. The van der Waals surface area contributed by atoms with Gasteiger partial charge in [-0.3, -0.25) is 4.79 Å². The van der Waals surface area contributed by atoms with E-state index in [2.05, 4.69) is 31.4 Å². The van der Waals surface area contributed by atoms with Crippen molar-refractivity contribution in [1.82, 2.24) is 10.4 Å². The largest absolute Gasteiger partial charge is 0.455 e. The zero-order valence-corrected chi connectivity index (χ0v) is 15.9. The molecule has 4 rings (SSSR count). The van der Waals surface area contributed by atoms with Crippen molar-refractivity contribution in [2.24, 2.45) is 5.10 Å². The summed E-state index contributed by atoms with van der Waals surface area (Å²) in [6, 6.07) is 19.4. The van der Waals surface area contributed by atoms with E-state index >= 15 is 0 Å². The van der Waals surface area contributed by atoms with E-state index in [0.29, 0.717) is 5.76 Å². The van der Waals surface area contributed by atoms with Crippen LogP contribution in [0.5, 0.6) is 0 Å². The molecule has 134 valence electrons. The lowest BCUT2D eigenvalue weighted by Gasteiger charge is -1.99. The molecule has 2 N–H and O–H groups in total. The Labute approximate surface area is 164 Å². The fourth-order valence-corrected chi connectivity index (χ4v) is 3.11. The number of rotatable bonds is 5. The Morgan fingerprint density at radius 1 is 1.11 bits per heavy atom. The SMILES string of the molecule is O=C(Cc1c[nH]c2ccccc12)N/N=C/c1ccc(-c2ccc(Br)cc2)o1. The Bertz CT molecular complexity index is 1110. The van der Waals surface area contributed by atoms with Crippen molar-refractivity contribution in [1.29, 1.82) is 0 Å². The Hall–Kier alpha value is -3.12. The number of para-hydroxylation sites is 1. The zero-order chi connectivity index (χ0) is 18.6. The number of benzene rings is 2. The summed E-state index contributed by atoms with van der Waals surface area (Å²) in [7, 11) is 0. The molecule has 0 fully saturated rings. The second kappa shape index (κ2) is 7.63. The van der Waals surface area contributed by atoms with E-state index in [1.807, 2.05) is 66.9 Å². The molecule has 0 spiro atoms. The minimum atomic E-state index is -0.185. The maximum atomic E-state index is 12.1. The number of carbonyl (C=O) groups excluding carboxylic acids is 1. The van der Waals surface area contributed by atoms with Gasteiger partial charge < -0.3 is 9.40 Å². The van der Waals surface area contributed by atoms with Crippen molar-refractivity contribution in [3.05, 3.63) is 82.7 Å². The van der Waals surface area contributed by atoms with Crippen LogP contribution in [0.3, 0.4) is 0 Å². The van der Waals surface area contributed by atoms with E-state index in [4.69, 9.17) is 4.42 Å². The molecule has 2 aromatic carbocycles. The predicted molar refractivity (Wildman–Crippen MR) is 110 cm³/mol. The van der Waals surface area contributed by atoms with Crippen molar-refractivity contribution in [2.75, 3.05) is 0 Å². The molecule has 0 saturated heterocycles. The van der Waals surface area contributed by atoms with E-state index in [-0.39, 0.29) is 12.3 Å². The van der Waals surface area contributed by atoms with Crippen LogP contribution in [0.25, 0.3) is 22.2 Å². The Morgan fingerprint density at radius 2 is 1.93 bits per heavy atom. The highest BCUT2D eigenvalue weighted by Gasteiger charge is 2.08. The smallest absolute Gasteiger partial charge is 0.244 e. The second-order valence-electron chi connectivity index (χ2n) is 6.04. The first kappa shape index (κ1) is 17.3. The van der Waals surface area contributed by atoms with Crippen LogP contribution in [0.4, 0.5) is 0 Å². The molecule has 0 atom stereocenters. The molecule has 0 aliphatic carbocycles. The molecule has 2 heterocycles. The molecule has 0 bridgehead atoms. The van der Waals surface area contributed by atoms with E-state index < -0.39 is 0 Å². The molecular weight excluding hydrogens is 406 g/mol. The molecule has 5 nitrogen and oxygen atoms in total. The molecular formula is C21H16BrN3O2. The summed E-state index contributed by atoms with van der Waals surface area (Å²) in [6.07, 6.45) is 3.60. The predicted octanol–water partition coefficient (Wildman–Crippen LogP) is 4.88. The van der Waals surface area contributed by atoms with Gasteiger partial charge >= 0.3 is 0 Å². The normalized spacial score (nSPS) is 11.3. The summed E-state index contributed by atoms with van der Waals surface area (Å²) in [5.74, 6) is 1.13. The lowest BCUT2D eigenvalue weighted by molar-refractivity contribution is -0.120. The number of furan rings is 1. The fourth-order valence-electron chi connectivity index (χ4n) is 2.85. The number of fused-ring (bicyclic) bond motifs is 1. The summed E-state index contributed by atoms with van der Waals surface area (Å²) in [4.78, 5) is 15.3. The van der Waals surface area contributed by atoms with Crippen molar-refractivity contribution < 1.29 is 9.21 Å². The van der Waals surface area contributed by atoms with Gasteiger partial charge in [-0.05, 0) is 35.9 Å². The quantitative estimate of drug-likeness (QED) is 0.355. The summed E-state index contributed by atoms with van der Waals surface area (Å²) < 4.78 is 6.75. The lowest BCUT2D eigenvalue weighted by atomic mass is 10.1.